The van der Waals surface area contributed by atoms with Crippen molar-refractivity contribution in [2.75, 3.05) is 13.2 Å². The standard InChI is InChI=1S/C10H21NO3/c1-7(2)8(3)9(13)11-5-10(4,14)6-12/h7-8,12,14H,5-6H2,1-4H3,(H,11,13). The first-order valence-corrected chi connectivity index (χ1v) is 4.91. The van der Waals surface area contributed by atoms with Crippen molar-refractivity contribution < 1.29 is 15.0 Å². The Bertz CT molecular complexity index is 190. The van der Waals surface area contributed by atoms with E-state index in [0.717, 1.165) is 0 Å². The van der Waals surface area contributed by atoms with Gasteiger partial charge >= 0.3 is 0 Å². The maximum absolute atomic E-state index is 11.4. The molecule has 0 heterocycles. The molecule has 0 spiro atoms. The molecule has 0 aromatic rings. The largest absolute Gasteiger partial charge is 0.393 e. The van der Waals surface area contributed by atoms with Gasteiger partial charge in [-0.2, -0.15) is 0 Å². The Morgan fingerprint density at radius 1 is 1.43 bits per heavy atom. The van der Waals surface area contributed by atoms with E-state index in [2.05, 4.69) is 5.32 Å². The van der Waals surface area contributed by atoms with Gasteiger partial charge in [-0.3, -0.25) is 4.79 Å². The third kappa shape index (κ3) is 4.58. The topological polar surface area (TPSA) is 69.6 Å². The number of hydrogen-bond donors (Lipinski definition) is 3. The molecule has 0 aromatic carbocycles. The van der Waals surface area contributed by atoms with Gasteiger partial charge in [0.15, 0.2) is 0 Å². The van der Waals surface area contributed by atoms with Crippen molar-refractivity contribution in [3.63, 3.8) is 0 Å². The van der Waals surface area contributed by atoms with E-state index in [9.17, 15) is 9.90 Å². The fourth-order valence-corrected chi connectivity index (χ4v) is 0.797. The number of amides is 1. The van der Waals surface area contributed by atoms with Gasteiger partial charge < -0.3 is 15.5 Å². The highest BCUT2D eigenvalue weighted by molar-refractivity contribution is 5.78. The highest BCUT2D eigenvalue weighted by atomic mass is 16.3. The fourth-order valence-electron chi connectivity index (χ4n) is 0.797. The van der Waals surface area contributed by atoms with E-state index < -0.39 is 5.60 Å². The van der Waals surface area contributed by atoms with Crippen LogP contribution >= 0.6 is 0 Å². The fraction of sp³-hybridized carbons (Fsp3) is 0.900. The van der Waals surface area contributed by atoms with E-state index >= 15 is 0 Å². The van der Waals surface area contributed by atoms with Crippen LogP contribution in [0.15, 0.2) is 0 Å². The van der Waals surface area contributed by atoms with E-state index in [1.807, 2.05) is 20.8 Å². The lowest BCUT2D eigenvalue weighted by molar-refractivity contribution is -0.127. The van der Waals surface area contributed by atoms with Gasteiger partial charge in [-0.05, 0) is 12.8 Å². The summed E-state index contributed by atoms with van der Waals surface area (Å²) in [4.78, 5) is 11.4. The first kappa shape index (κ1) is 13.4. The third-order valence-electron chi connectivity index (χ3n) is 2.40. The average molecular weight is 203 g/mol. The first-order chi connectivity index (χ1) is 6.30. The molecule has 2 unspecified atom stereocenters. The molecule has 0 aromatic heterocycles. The summed E-state index contributed by atoms with van der Waals surface area (Å²) < 4.78 is 0. The van der Waals surface area contributed by atoms with Crippen molar-refractivity contribution in [3.8, 4) is 0 Å². The summed E-state index contributed by atoms with van der Waals surface area (Å²) in [6.45, 7) is 6.98. The molecule has 0 aliphatic heterocycles. The minimum absolute atomic E-state index is 0.0792. The van der Waals surface area contributed by atoms with Crippen LogP contribution in [0.5, 0.6) is 0 Å². The Morgan fingerprint density at radius 2 is 1.93 bits per heavy atom. The van der Waals surface area contributed by atoms with Crippen LogP contribution in [-0.2, 0) is 4.79 Å². The Morgan fingerprint density at radius 3 is 2.29 bits per heavy atom. The van der Waals surface area contributed by atoms with Crippen molar-refractivity contribution in [3.05, 3.63) is 0 Å². The zero-order valence-electron chi connectivity index (χ0n) is 9.37. The molecule has 2 atom stereocenters. The number of carbonyl (C=O) groups is 1. The van der Waals surface area contributed by atoms with Gasteiger partial charge in [0.1, 0.15) is 5.60 Å². The van der Waals surface area contributed by atoms with Crippen molar-refractivity contribution in [1.82, 2.24) is 5.32 Å². The van der Waals surface area contributed by atoms with Gasteiger partial charge in [0.2, 0.25) is 5.91 Å². The number of aliphatic hydroxyl groups excluding tert-OH is 1. The molecule has 3 N–H and O–H groups in total. The zero-order valence-corrected chi connectivity index (χ0v) is 9.37. The molecule has 4 nitrogen and oxygen atoms in total. The SMILES string of the molecule is CC(C)C(C)C(=O)NCC(C)(O)CO. The van der Waals surface area contributed by atoms with Gasteiger partial charge in [-0.1, -0.05) is 20.8 Å². The second-order valence-corrected chi connectivity index (χ2v) is 4.41. The molecule has 1 amide bonds. The van der Waals surface area contributed by atoms with Gasteiger partial charge in [0.05, 0.1) is 6.61 Å². The minimum Gasteiger partial charge on any atom is -0.393 e. The van der Waals surface area contributed by atoms with E-state index in [0.29, 0.717) is 0 Å². The smallest absolute Gasteiger partial charge is 0.223 e. The van der Waals surface area contributed by atoms with E-state index in [1.54, 1.807) is 0 Å². The van der Waals surface area contributed by atoms with Crippen LogP contribution in [0.25, 0.3) is 0 Å². The molecule has 84 valence electrons. The molecule has 0 aliphatic carbocycles. The summed E-state index contributed by atoms with van der Waals surface area (Å²) in [7, 11) is 0. The summed E-state index contributed by atoms with van der Waals surface area (Å²) in [6, 6.07) is 0. The summed E-state index contributed by atoms with van der Waals surface area (Å²) in [5.74, 6) is 0.104. The average Bonchev–Trinajstić information content (AvgIpc) is 2.13. The van der Waals surface area contributed by atoms with Crippen molar-refractivity contribution >= 4 is 5.91 Å². The number of nitrogens with one attached hydrogen (secondary N) is 1. The Balaban J connectivity index is 3.97. The zero-order chi connectivity index (χ0) is 11.4. The van der Waals surface area contributed by atoms with Crippen molar-refractivity contribution in [2.24, 2.45) is 11.8 Å². The summed E-state index contributed by atoms with van der Waals surface area (Å²) in [5, 5.41) is 20.8. The summed E-state index contributed by atoms with van der Waals surface area (Å²) >= 11 is 0. The lowest BCUT2D eigenvalue weighted by atomic mass is 9.97. The van der Waals surface area contributed by atoms with Gasteiger partial charge in [-0.15, -0.1) is 0 Å². The minimum atomic E-state index is -1.23. The van der Waals surface area contributed by atoms with Crippen LogP contribution in [0.4, 0.5) is 0 Å². The number of rotatable bonds is 5. The van der Waals surface area contributed by atoms with E-state index in [1.165, 1.54) is 6.92 Å². The highest BCUT2D eigenvalue weighted by Gasteiger charge is 2.22. The Labute approximate surface area is 85.3 Å². The van der Waals surface area contributed by atoms with Crippen molar-refractivity contribution in [2.45, 2.75) is 33.3 Å². The molecule has 0 aliphatic rings. The molecular formula is C10H21NO3. The quantitative estimate of drug-likeness (QED) is 0.595. The molecule has 14 heavy (non-hydrogen) atoms. The first-order valence-electron chi connectivity index (χ1n) is 4.91. The predicted molar refractivity (Wildman–Crippen MR) is 54.7 cm³/mol. The molecule has 0 radical (unpaired) electrons. The molecule has 0 saturated heterocycles. The van der Waals surface area contributed by atoms with Crippen LogP contribution in [0.1, 0.15) is 27.7 Å². The van der Waals surface area contributed by atoms with Crippen LogP contribution in [0, 0.1) is 11.8 Å². The van der Waals surface area contributed by atoms with Gasteiger partial charge in [0.25, 0.3) is 0 Å². The highest BCUT2D eigenvalue weighted by Crippen LogP contribution is 2.09. The van der Waals surface area contributed by atoms with E-state index in [4.69, 9.17) is 5.11 Å². The predicted octanol–water partition coefficient (Wildman–Crippen LogP) is 0.138. The maximum Gasteiger partial charge on any atom is 0.223 e. The summed E-state index contributed by atoms with van der Waals surface area (Å²) in [6.07, 6.45) is 0. The molecule has 0 bridgehead atoms. The normalized spacial score (nSPS) is 17.6. The Hall–Kier alpha value is -0.610. The van der Waals surface area contributed by atoms with Crippen LogP contribution in [0.2, 0.25) is 0 Å². The molecule has 4 heteroatoms. The monoisotopic (exact) mass is 203 g/mol. The molecular weight excluding hydrogens is 182 g/mol. The third-order valence-corrected chi connectivity index (χ3v) is 2.40. The van der Waals surface area contributed by atoms with E-state index in [-0.39, 0.29) is 30.9 Å². The van der Waals surface area contributed by atoms with Gasteiger partial charge in [0, 0.05) is 12.5 Å². The Kier molecular flexibility index (Phi) is 5.08. The van der Waals surface area contributed by atoms with Crippen LogP contribution in [-0.4, -0.2) is 34.9 Å². The lowest BCUT2D eigenvalue weighted by Crippen LogP contribution is -2.45. The molecule has 0 fully saturated rings. The number of aliphatic hydroxyl groups is 2. The second-order valence-electron chi connectivity index (χ2n) is 4.41. The lowest BCUT2D eigenvalue weighted by Gasteiger charge is -2.23. The van der Waals surface area contributed by atoms with Crippen LogP contribution in [0.3, 0.4) is 0 Å². The second kappa shape index (κ2) is 5.32. The van der Waals surface area contributed by atoms with Gasteiger partial charge in [-0.25, -0.2) is 0 Å². The molecule has 0 rings (SSSR count). The van der Waals surface area contributed by atoms with Crippen molar-refractivity contribution in [1.29, 1.82) is 0 Å². The molecule has 0 saturated carbocycles. The van der Waals surface area contributed by atoms with Crippen LogP contribution < -0.4 is 5.32 Å². The number of hydrogen-bond acceptors (Lipinski definition) is 3. The summed E-state index contributed by atoms with van der Waals surface area (Å²) in [5.41, 5.74) is -1.23. The number of carbonyl (C=O) groups excluding carboxylic acids is 1. The maximum atomic E-state index is 11.4.